The summed E-state index contributed by atoms with van der Waals surface area (Å²) >= 11 is 0. The molecule has 0 radical (unpaired) electrons. The summed E-state index contributed by atoms with van der Waals surface area (Å²) in [6.07, 6.45) is 2.33. The highest BCUT2D eigenvalue weighted by Gasteiger charge is 2.57. The SMILES string of the molecule is Cc1ccc(N(C(=O)C2(C(N)=O)CC2)c2ccnc(Nc3ccc(F)cc3)n2)cc1. The lowest BCUT2D eigenvalue weighted by atomic mass is 10.0. The Balaban J connectivity index is 1.72. The van der Waals surface area contributed by atoms with Crippen molar-refractivity contribution in [3.8, 4) is 0 Å². The number of amides is 2. The Labute approximate surface area is 172 Å². The molecule has 0 aliphatic heterocycles. The Kier molecular flexibility index (Phi) is 4.91. The first-order valence-electron chi connectivity index (χ1n) is 9.46. The van der Waals surface area contributed by atoms with Crippen molar-refractivity contribution in [3.63, 3.8) is 0 Å². The number of halogens is 1. The summed E-state index contributed by atoms with van der Waals surface area (Å²) in [5.41, 5.74) is 6.53. The number of hydrogen-bond acceptors (Lipinski definition) is 5. The van der Waals surface area contributed by atoms with E-state index in [4.69, 9.17) is 5.73 Å². The number of carbonyl (C=O) groups excluding carboxylic acids is 2. The summed E-state index contributed by atoms with van der Waals surface area (Å²) in [7, 11) is 0. The monoisotopic (exact) mass is 405 g/mol. The molecule has 1 aliphatic carbocycles. The number of benzene rings is 2. The predicted molar refractivity (Wildman–Crippen MR) is 111 cm³/mol. The van der Waals surface area contributed by atoms with Crippen LogP contribution in [0.15, 0.2) is 60.8 Å². The van der Waals surface area contributed by atoms with Gasteiger partial charge < -0.3 is 11.1 Å². The first kappa shape index (κ1) is 19.5. The maximum absolute atomic E-state index is 13.4. The highest BCUT2D eigenvalue weighted by molar-refractivity contribution is 6.16. The van der Waals surface area contributed by atoms with Crippen LogP contribution in [0.4, 0.5) is 27.5 Å². The maximum Gasteiger partial charge on any atom is 0.248 e. The summed E-state index contributed by atoms with van der Waals surface area (Å²) in [6.45, 7) is 1.94. The molecule has 8 heteroatoms. The van der Waals surface area contributed by atoms with Crippen LogP contribution < -0.4 is 16.0 Å². The van der Waals surface area contributed by atoms with E-state index in [1.54, 1.807) is 30.3 Å². The summed E-state index contributed by atoms with van der Waals surface area (Å²) in [6, 6.07) is 14.7. The standard InChI is InChI=1S/C22H20FN5O2/c1-14-2-8-17(9-3-14)28(20(30)22(11-12-22)19(24)29)18-10-13-25-21(27-18)26-16-6-4-15(23)5-7-16/h2-10,13H,11-12H2,1H3,(H2,24,29)(H,25,26,27). The molecule has 1 aliphatic rings. The third-order valence-corrected chi connectivity index (χ3v) is 5.10. The zero-order valence-corrected chi connectivity index (χ0v) is 16.3. The van der Waals surface area contributed by atoms with Crippen molar-refractivity contribution in [2.75, 3.05) is 10.2 Å². The highest BCUT2D eigenvalue weighted by Crippen LogP contribution is 2.48. The van der Waals surface area contributed by atoms with Gasteiger partial charge in [0.2, 0.25) is 17.8 Å². The maximum atomic E-state index is 13.4. The number of aryl methyl sites for hydroxylation is 1. The van der Waals surface area contributed by atoms with Crippen molar-refractivity contribution in [2.45, 2.75) is 19.8 Å². The van der Waals surface area contributed by atoms with Crippen LogP contribution in [0, 0.1) is 18.2 Å². The molecular weight excluding hydrogens is 385 g/mol. The Bertz CT molecular complexity index is 1100. The van der Waals surface area contributed by atoms with Gasteiger partial charge in [-0.1, -0.05) is 17.7 Å². The molecule has 4 rings (SSSR count). The first-order valence-corrected chi connectivity index (χ1v) is 9.46. The van der Waals surface area contributed by atoms with E-state index in [0.717, 1.165) is 5.56 Å². The van der Waals surface area contributed by atoms with Gasteiger partial charge >= 0.3 is 0 Å². The van der Waals surface area contributed by atoms with E-state index in [1.807, 2.05) is 19.1 Å². The van der Waals surface area contributed by atoms with E-state index < -0.39 is 17.2 Å². The molecule has 2 amide bonds. The largest absolute Gasteiger partial charge is 0.369 e. The quantitative estimate of drug-likeness (QED) is 0.610. The van der Waals surface area contributed by atoms with Gasteiger partial charge in [0.1, 0.15) is 17.1 Å². The number of nitrogens with one attached hydrogen (secondary N) is 1. The fourth-order valence-corrected chi connectivity index (χ4v) is 3.15. The van der Waals surface area contributed by atoms with Gasteiger partial charge in [-0.2, -0.15) is 4.98 Å². The smallest absolute Gasteiger partial charge is 0.248 e. The molecule has 0 saturated heterocycles. The molecule has 30 heavy (non-hydrogen) atoms. The van der Waals surface area contributed by atoms with E-state index >= 15 is 0 Å². The Morgan fingerprint density at radius 1 is 1.07 bits per heavy atom. The van der Waals surface area contributed by atoms with Crippen molar-refractivity contribution in [3.05, 3.63) is 72.2 Å². The molecule has 0 bridgehead atoms. The van der Waals surface area contributed by atoms with Crippen LogP contribution in [0.2, 0.25) is 0 Å². The molecule has 7 nitrogen and oxygen atoms in total. The lowest BCUT2D eigenvalue weighted by Crippen LogP contribution is -2.41. The number of nitrogens with two attached hydrogens (primary N) is 1. The summed E-state index contributed by atoms with van der Waals surface area (Å²) < 4.78 is 13.1. The molecule has 3 aromatic rings. The zero-order chi connectivity index (χ0) is 21.3. The molecule has 0 unspecified atom stereocenters. The molecule has 0 atom stereocenters. The fraction of sp³-hybridized carbons (Fsp3) is 0.182. The van der Waals surface area contributed by atoms with Crippen molar-refractivity contribution < 1.29 is 14.0 Å². The van der Waals surface area contributed by atoms with E-state index in [2.05, 4.69) is 15.3 Å². The second-order valence-corrected chi connectivity index (χ2v) is 7.29. The average Bonchev–Trinajstić information content (AvgIpc) is 3.54. The normalized spacial score (nSPS) is 14.1. The lowest BCUT2D eigenvalue weighted by molar-refractivity contribution is -0.133. The minimum absolute atomic E-state index is 0.230. The van der Waals surface area contributed by atoms with Crippen molar-refractivity contribution in [1.29, 1.82) is 0 Å². The second-order valence-electron chi connectivity index (χ2n) is 7.29. The van der Waals surface area contributed by atoms with E-state index in [9.17, 15) is 14.0 Å². The van der Waals surface area contributed by atoms with Gasteiger partial charge in [0, 0.05) is 18.0 Å². The van der Waals surface area contributed by atoms with Crippen LogP contribution in [0.25, 0.3) is 0 Å². The summed E-state index contributed by atoms with van der Waals surface area (Å²) in [5.74, 6) is -0.870. The minimum atomic E-state index is -1.21. The molecule has 1 heterocycles. The fourth-order valence-electron chi connectivity index (χ4n) is 3.15. The number of primary amides is 1. The number of hydrogen-bond donors (Lipinski definition) is 2. The van der Waals surface area contributed by atoms with E-state index in [-0.39, 0.29) is 11.8 Å². The number of anilines is 4. The zero-order valence-electron chi connectivity index (χ0n) is 16.3. The molecule has 0 spiro atoms. The van der Waals surface area contributed by atoms with Gasteiger partial charge in [-0.3, -0.25) is 14.5 Å². The number of rotatable bonds is 6. The van der Waals surface area contributed by atoms with E-state index in [0.29, 0.717) is 30.0 Å². The Morgan fingerprint density at radius 2 is 1.73 bits per heavy atom. The third kappa shape index (κ3) is 3.71. The van der Waals surface area contributed by atoms with E-state index in [1.165, 1.54) is 23.2 Å². The topological polar surface area (TPSA) is 101 Å². The molecule has 152 valence electrons. The van der Waals surface area contributed by atoms with Crippen molar-refractivity contribution in [2.24, 2.45) is 11.1 Å². The van der Waals surface area contributed by atoms with Gasteiger partial charge in [0.25, 0.3) is 0 Å². The van der Waals surface area contributed by atoms with Gasteiger partial charge in [0.05, 0.1) is 5.69 Å². The summed E-state index contributed by atoms with van der Waals surface area (Å²) in [5, 5.41) is 2.98. The summed E-state index contributed by atoms with van der Waals surface area (Å²) in [4.78, 5) is 35.4. The third-order valence-electron chi connectivity index (χ3n) is 5.10. The first-order chi connectivity index (χ1) is 14.4. The lowest BCUT2D eigenvalue weighted by Gasteiger charge is -2.25. The van der Waals surface area contributed by atoms with Crippen LogP contribution in [0.5, 0.6) is 0 Å². The Hall–Kier alpha value is -3.81. The molecule has 2 aromatic carbocycles. The molecule has 1 aromatic heterocycles. The van der Waals surface area contributed by atoms with Crippen LogP contribution in [0.3, 0.4) is 0 Å². The van der Waals surface area contributed by atoms with Crippen LogP contribution in [0.1, 0.15) is 18.4 Å². The predicted octanol–water partition coefficient (Wildman–Crippen LogP) is 3.60. The van der Waals surface area contributed by atoms with Crippen LogP contribution >= 0.6 is 0 Å². The van der Waals surface area contributed by atoms with Gasteiger partial charge in [-0.05, 0) is 56.2 Å². The highest BCUT2D eigenvalue weighted by atomic mass is 19.1. The molecule has 3 N–H and O–H groups in total. The van der Waals surface area contributed by atoms with Crippen molar-refractivity contribution in [1.82, 2.24) is 9.97 Å². The Morgan fingerprint density at radius 3 is 2.33 bits per heavy atom. The van der Waals surface area contributed by atoms with Crippen LogP contribution in [-0.2, 0) is 9.59 Å². The molecule has 1 saturated carbocycles. The average molecular weight is 405 g/mol. The van der Waals surface area contributed by atoms with Crippen LogP contribution in [-0.4, -0.2) is 21.8 Å². The van der Waals surface area contributed by atoms with Crippen molar-refractivity contribution >= 4 is 35.0 Å². The minimum Gasteiger partial charge on any atom is -0.369 e. The van der Waals surface area contributed by atoms with Gasteiger partial charge in [0.15, 0.2) is 0 Å². The van der Waals surface area contributed by atoms with Gasteiger partial charge in [-0.15, -0.1) is 0 Å². The molecule has 1 fully saturated rings. The van der Waals surface area contributed by atoms with Gasteiger partial charge in [-0.25, -0.2) is 9.37 Å². The number of nitrogens with zero attached hydrogens (tertiary/aromatic N) is 3. The number of carbonyl (C=O) groups is 2. The molecular formula is C22H20FN5O2. The second kappa shape index (κ2) is 7.55. The number of aromatic nitrogens is 2.